The van der Waals surface area contributed by atoms with Crippen LogP contribution in [-0.2, 0) is 38.2 Å². The van der Waals surface area contributed by atoms with Crippen molar-refractivity contribution in [2.75, 3.05) is 39.3 Å². The molecule has 0 aliphatic rings. The summed E-state index contributed by atoms with van der Waals surface area (Å²) in [4.78, 5) is 28.9. The predicted octanol–water partition coefficient (Wildman–Crippen LogP) is -7.50. The summed E-state index contributed by atoms with van der Waals surface area (Å²) in [7, 11) is -3.96. The maximum atomic E-state index is 8.49. The maximum absolute atomic E-state index is 8.49. The Balaban J connectivity index is 0.00000153. The zero-order chi connectivity index (χ0) is 33.0. The first kappa shape index (κ1) is 42.4. The molecule has 251 valence electrons. The second-order valence-corrected chi connectivity index (χ2v) is 10.5. The molecule has 45 heavy (non-hydrogen) atoms. The topological polar surface area (TPSA) is 278 Å². The van der Waals surface area contributed by atoms with Crippen molar-refractivity contribution in [3.05, 3.63) is 54.7 Å². The van der Waals surface area contributed by atoms with Gasteiger partial charge in [0.1, 0.15) is 17.5 Å². The molecule has 0 saturated heterocycles. The summed E-state index contributed by atoms with van der Waals surface area (Å²) in [6, 6.07) is 0. The van der Waals surface area contributed by atoms with Gasteiger partial charge in [-0.05, 0) is 38.9 Å². The third-order valence-corrected chi connectivity index (χ3v) is 5.48. The standard InChI is InChI=1S/C24H36N10.2ClHO4.Mn/c1-31-16-10-28-22(31)19-25-7-4-13-34(14-5-8-26-20-23-29-11-17-32(23)2)15-6-9-27-21-24-30-12-18-33(24)3;2*2-1(3,4)5;/h10-12,16-21H,4-9,13-15H2,1-3H3;2*(H,2,3,4,5);/q;;;+2/p-2. The van der Waals surface area contributed by atoms with Gasteiger partial charge in [-0.3, -0.25) is 15.0 Å². The molecule has 0 N–H and O–H groups in total. The molecule has 0 fully saturated rings. The van der Waals surface area contributed by atoms with Crippen molar-refractivity contribution >= 4 is 18.6 Å². The van der Waals surface area contributed by atoms with E-state index in [9.17, 15) is 0 Å². The van der Waals surface area contributed by atoms with Crippen LogP contribution >= 0.6 is 0 Å². The van der Waals surface area contributed by atoms with Gasteiger partial charge in [-0.1, -0.05) is 0 Å². The van der Waals surface area contributed by atoms with Crippen LogP contribution < -0.4 is 37.3 Å². The van der Waals surface area contributed by atoms with E-state index in [0.29, 0.717) is 0 Å². The van der Waals surface area contributed by atoms with Crippen LogP contribution in [0.5, 0.6) is 0 Å². The van der Waals surface area contributed by atoms with Crippen LogP contribution in [0.15, 0.2) is 52.2 Å². The van der Waals surface area contributed by atoms with Gasteiger partial charge in [-0.15, -0.1) is 20.5 Å². The molecule has 18 nitrogen and oxygen atoms in total. The number of aromatic nitrogens is 6. The number of hydrogen-bond acceptors (Lipinski definition) is 15. The first-order valence-electron chi connectivity index (χ1n) is 13.0. The van der Waals surface area contributed by atoms with Crippen LogP contribution in [0, 0.1) is 20.5 Å². The third-order valence-electron chi connectivity index (χ3n) is 5.48. The Labute approximate surface area is 275 Å². The summed E-state index contributed by atoms with van der Waals surface area (Å²) in [6.45, 7) is 5.38. The van der Waals surface area contributed by atoms with Crippen LogP contribution in [0.25, 0.3) is 0 Å². The number of imidazole rings is 3. The van der Waals surface area contributed by atoms with Crippen LogP contribution in [0.4, 0.5) is 0 Å². The van der Waals surface area contributed by atoms with E-state index in [1.807, 2.05) is 72.1 Å². The van der Waals surface area contributed by atoms with Crippen molar-refractivity contribution in [2.45, 2.75) is 19.3 Å². The molecule has 0 unspecified atom stereocenters. The fourth-order valence-corrected chi connectivity index (χ4v) is 3.44. The SMILES string of the molecule is Cn1ccnc1C=NCCCN(CCCN=Cc1nccn1C)CCCN=Cc1nccn1C.[Mn+2].[O-][Cl+3]([O-])([O-])[O-].[O-][Cl+3]([O-])([O-])[O-]. The van der Waals surface area contributed by atoms with E-state index in [4.69, 9.17) is 37.3 Å². The average molecular weight is 718 g/mol. The summed E-state index contributed by atoms with van der Waals surface area (Å²) in [5.41, 5.74) is 0. The summed E-state index contributed by atoms with van der Waals surface area (Å²) in [6.07, 6.45) is 19.7. The normalized spacial score (nSPS) is 12.0. The van der Waals surface area contributed by atoms with Gasteiger partial charge >= 0.3 is 17.1 Å². The van der Waals surface area contributed by atoms with Crippen molar-refractivity contribution < 1.29 is 74.8 Å². The number of aliphatic imine (C=N–C) groups is 3. The van der Waals surface area contributed by atoms with Gasteiger partial charge in [0.05, 0.1) is 18.6 Å². The summed E-state index contributed by atoms with van der Waals surface area (Å²) >= 11 is 0. The molecule has 0 bridgehead atoms. The molecule has 3 aromatic rings. The quantitative estimate of drug-likeness (QED) is 0.0805. The van der Waals surface area contributed by atoms with Crippen molar-refractivity contribution in [3.8, 4) is 0 Å². The minimum atomic E-state index is -4.94. The molecule has 21 heteroatoms. The first-order valence-corrected chi connectivity index (χ1v) is 15.5. The van der Waals surface area contributed by atoms with E-state index in [1.54, 1.807) is 18.6 Å². The molecule has 0 aromatic carbocycles. The van der Waals surface area contributed by atoms with Crippen molar-refractivity contribution in [1.29, 1.82) is 0 Å². The Hall–Kier alpha value is -2.62. The molecule has 3 aromatic heterocycles. The predicted molar refractivity (Wildman–Crippen MR) is 137 cm³/mol. The summed E-state index contributed by atoms with van der Waals surface area (Å²) in [5.74, 6) is 2.65. The maximum Gasteiger partial charge on any atom is 2.00 e. The molecule has 3 rings (SSSR count). The van der Waals surface area contributed by atoms with Crippen LogP contribution in [0.1, 0.15) is 36.7 Å². The fourth-order valence-electron chi connectivity index (χ4n) is 3.44. The number of aryl methyl sites for hydroxylation is 3. The Morgan fingerprint density at radius 2 is 0.822 bits per heavy atom. The van der Waals surface area contributed by atoms with Gasteiger partial charge in [0.25, 0.3) is 0 Å². The smallest absolute Gasteiger partial charge is 0.333 e. The van der Waals surface area contributed by atoms with Gasteiger partial charge in [0, 0.05) is 78.0 Å². The molecule has 0 atom stereocenters. The Morgan fingerprint density at radius 3 is 1.02 bits per heavy atom. The van der Waals surface area contributed by atoms with E-state index in [-0.39, 0.29) is 17.1 Å². The number of halogens is 2. The first-order chi connectivity index (χ1) is 20.6. The van der Waals surface area contributed by atoms with E-state index in [1.165, 1.54) is 0 Å². The summed E-state index contributed by atoms with van der Waals surface area (Å²) < 4.78 is 73.8. The molecule has 3 heterocycles. The zero-order valence-corrected chi connectivity index (χ0v) is 27.6. The number of hydrogen-bond donors (Lipinski definition) is 0. The Kier molecular flexibility index (Phi) is 21.5. The molecule has 0 aliphatic heterocycles. The average Bonchev–Trinajstić information content (AvgIpc) is 3.62. The largest absolute Gasteiger partial charge is 2.00 e. The van der Waals surface area contributed by atoms with Crippen molar-refractivity contribution in [3.63, 3.8) is 0 Å². The second kappa shape index (κ2) is 22.8. The molecule has 0 saturated carbocycles. The number of nitrogens with zero attached hydrogens (tertiary/aromatic N) is 10. The van der Waals surface area contributed by atoms with E-state index in [0.717, 1.165) is 76.0 Å². The molecule has 0 spiro atoms. The van der Waals surface area contributed by atoms with Gasteiger partial charge in [0.2, 0.25) is 0 Å². The third kappa shape index (κ3) is 24.3. The van der Waals surface area contributed by atoms with Gasteiger partial charge in [-0.25, -0.2) is 52.2 Å². The molecule has 0 aliphatic carbocycles. The van der Waals surface area contributed by atoms with Crippen LogP contribution in [0.2, 0.25) is 0 Å². The second-order valence-electron chi connectivity index (χ2n) is 8.95. The van der Waals surface area contributed by atoms with Crippen LogP contribution in [0.3, 0.4) is 0 Å². The molecule has 1 radical (unpaired) electrons. The van der Waals surface area contributed by atoms with Crippen molar-refractivity contribution in [2.24, 2.45) is 36.1 Å². The Morgan fingerprint density at radius 1 is 0.578 bits per heavy atom. The molecular formula is C24H36Cl2MnN10O8. The minimum absolute atomic E-state index is 0. The summed E-state index contributed by atoms with van der Waals surface area (Å²) in [5, 5.41) is 0. The molecule has 0 amide bonds. The number of rotatable bonds is 15. The minimum Gasteiger partial charge on any atom is -0.333 e. The Bertz CT molecular complexity index is 1120. The van der Waals surface area contributed by atoms with E-state index < -0.39 is 20.5 Å². The van der Waals surface area contributed by atoms with Gasteiger partial charge in [0.15, 0.2) is 0 Å². The van der Waals surface area contributed by atoms with Gasteiger partial charge < -0.3 is 18.6 Å². The van der Waals surface area contributed by atoms with Crippen molar-refractivity contribution in [1.82, 2.24) is 33.6 Å². The van der Waals surface area contributed by atoms with Crippen LogP contribution in [-0.4, -0.2) is 91.5 Å². The molecular weight excluding hydrogens is 682 g/mol. The van der Waals surface area contributed by atoms with E-state index >= 15 is 0 Å². The van der Waals surface area contributed by atoms with E-state index in [2.05, 4.69) is 34.8 Å². The fraction of sp³-hybridized carbons (Fsp3) is 0.500. The zero-order valence-electron chi connectivity index (χ0n) is 24.9. The monoisotopic (exact) mass is 717 g/mol. The van der Waals surface area contributed by atoms with Gasteiger partial charge in [-0.2, -0.15) is 0 Å².